The van der Waals surface area contributed by atoms with Gasteiger partial charge in [0.1, 0.15) is 28.3 Å². The number of thiophene rings is 1. The van der Waals surface area contributed by atoms with E-state index in [9.17, 15) is 0 Å². The van der Waals surface area contributed by atoms with Crippen LogP contribution in [0.1, 0.15) is 36.1 Å². The molecule has 0 spiro atoms. The van der Waals surface area contributed by atoms with Gasteiger partial charge in [0.25, 0.3) is 0 Å². The Bertz CT molecular complexity index is 1420. The SMILES string of the molecule is C=[N+]1C=CC(C(C)C)=C[C-]1c1cc2c(cc1C)[s+][c-]1cc(-c3c(C)cccc3C)ccc21. The van der Waals surface area contributed by atoms with Crippen LogP contribution in [-0.2, 0) is 0 Å². The first-order valence-electron chi connectivity index (χ1n) is 11.2. The Balaban J connectivity index is 1.66. The molecule has 4 aromatic rings. The molecule has 1 nitrogen and oxygen atoms in total. The fourth-order valence-electron chi connectivity index (χ4n) is 4.76. The molecule has 0 bridgehead atoms. The monoisotopic (exact) mass is 435 g/mol. The van der Waals surface area contributed by atoms with Gasteiger partial charge >= 0.3 is 0 Å². The highest BCUT2D eigenvalue weighted by Crippen LogP contribution is 2.40. The minimum atomic E-state index is 0.490. The second-order valence-corrected chi connectivity index (χ2v) is 10.3. The van der Waals surface area contributed by atoms with Crippen LogP contribution in [0.2, 0.25) is 0 Å². The van der Waals surface area contributed by atoms with Crippen molar-refractivity contribution in [1.82, 2.24) is 0 Å². The average molecular weight is 436 g/mol. The molecule has 0 saturated heterocycles. The van der Waals surface area contributed by atoms with Gasteiger partial charge in [-0.2, -0.15) is 0 Å². The standard InChI is InChI=1S/C30H29NS/c1-18(2)22-12-13-31(6)27(15-22)25-17-26-24-11-10-23(30-19(3)8-7-9-20(30)4)16-29(24)32-28(26)14-21(25)5/h7-18H,6H2,1-5H3. The molecule has 0 aliphatic carbocycles. The van der Waals surface area contributed by atoms with E-state index in [1.54, 1.807) is 0 Å². The van der Waals surface area contributed by atoms with E-state index < -0.39 is 0 Å². The lowest BCUT2D eigenvalue weighted by molar-refractivity contribution is -0.418. The number of aryl methyl sites for hydroxylation is 3. The van der Waals surface area contributed by atoms with Crippen molar-refractivity contribution < 1.29 is 4.58 Å². The van der Waals surface area contributed by atoms with Crippen molar-refractivity contribution in [1.29, 1.82) is 0 Å². The molecule has 0 radical (unpaired) electrons. The number of benzene rings is 3. The summed E-state index contributed by atoms with van der Waals surface area (Å²) in [4.78, 5) is 0. The topological polar surface area (TPSA) is 3.01 Å². The van der Waals surface area contributed by atoms with Gasteiger partial charge in [0.15, 0.2) is 4.70 Å². The lowest BCUT2D eigenvalue weighted by Gasteiger charge is -2.23. The Morgan fingerprint density at radius 2 is 1.72 bits per heavy atom. The molecule has 0 amide bonds. The Kier molecular flexibility index (Phi) is 5.06. The Morgan fingerprint density at radius 3 is 2.44 bits per heavy atom. The Labute approximate surface area is 195 Å². The molecule has 160 valence electrons. The van der Waals surface area contributed by atoms with Gasteiger partial charge < -0.3 is 0 Å². The third kappa shape index (κ3) is 3.40. The van der Waals surface area contributed by atoms with Crippen molar-refractivity contribution in [3.63, 3.8) is 0 Å². The summed E-state index contributed by atoms with van der Waals surface area (Å²) in [6, 6.07) is 19.4. The second-order valence-electron chi connectivity index (χ2n) is 9.21. The molecule has 2 heteroatoms. The van der Waals surface area contributed by atoms with Crippen LogP contribution in [0.15, 0.2) is 72.5 Å². The van der Waals surface area contributed by atoms with Crippen LogP contribution in [-0.4, -0.2) is 11.3 Å². The molecule has 3 aromatic carbocycles. The summed E-state index contributed by atoms with van der Waals surface area (Å²) in [6.07, 6.45) is 6.54. The molecule has 0 saturated carbocycles. The molecule has 0 fully saturated rings. The van der Waals surface area contributed by atoms with Crippen LogP contribution in [0, 0.1) is 32.7 Å². The highest BCUT2D eigenvalue weighted by molar-refractivity contribution is 7.25. The lowest BCUT2D eigenvalue weighted by Crippen LogP contribution is -2.16. The molecule has 32 heavy (non-hydrogen) atoms. The summed E-state index contributed by atoms with van der Waals surface area (Å²) >= 11 is 1.89. The van der Waals surface area contributed by atoms with Crippen LogP contribution in [0.3, 0.4) is 0 Å². The number of hydrogen-bond acceptors (Lipinski definition) is 0. The average Bonchev–Trinajstić information content (AvgIpc) is 3.09. The van der Waals surface area contributed by atoms with Gasteiger partial charge in [-0.1, -0.05) is 95.8 Å². The number of rotatable bonds is 3. The van der Waals surface area contributed by atoms with Crippen molar-refractivity contribution in [2.75, 3.05) is 0 Å². The second kappa shape index (κ2) is 7.79. The molecule has 2 heterocycles. The van der Waals surface area contributed by atoms with Crippen molar-refractivity contribution in [3.8, 4) is 11.1 Å². The van der Waals surface area contributed by atoms with Gasteiger partial charge in [-0.05, 0) is 37.0 Å². The quantitative estimate of drug-likeness (QED) is 0.173. The summed E-state index contributed by atoms with van der Waals surface area (Å²) in [5, 5.41) is 2.66. The fourth-order valence-corrected chi connectivity index (χ4v) is 5.99. The molecular weight excluding hydrogens is 406 g/mol. The van der Waals surface area contributed by atoms with Gasteiger partial charge in [-0.15, -0.1) is 18.2 Å². The van der Waals surface area contributed by atoms with E-state index in [0.29, 0.717) is 5.92 Å². The summed E-state index contributed by atoms with van der Waals surface area (Å²) in [5.41, 5.74) is 9.20. The Hall–Kier alpha value is -3.10. The molecule has 0 unspecified atom stereocenters. The van der Waals surface area contributed by atoms with Gasteiger partial charge in [0, 0.05) is 0 Å². The third-order valence-electron chi connectivity index (χ3n) is 6.59. The van der Waals surface area contributed by atoms with Crippen LogP contribution >= 0.6 is 11.3 Å². The number of allylic oxidation sites excluding steroid dienone is 2. The Morgan fingerprint density at radius 1 is 0.969 bits per heavy atom. The molecule has 1 aromatic heterocycles. The predicted molar refractivity (Wildman–Crippen MR) is 141 cm³/mol. The van der Waals surface area contributed by atoms with Crippen LogP contribution < -0.4 is 0 Å². The zero-order chi connectivity index (χ0) is 22.6. The number of hydrogen-bond donors (Lipinski definition) is 0. The van der Waals surface area contributed by atoms with E-state index in [1.807, 2.05) is 15.9 Å². The van der Waals surface area contributed by atoms with Crippen LogP contribution in [0.25, 0.3) is 31.3 Å². The van der Waals surface area contributed by atoms with E-state index >= 15 is 0 Å². The molecule has 5 rings (SSSR count). The minimum Gasteiger partial charge on any atom is -0.255 e. The van der Waals surface area contributed by atoms with Gasteiger partial charge in [-0.25, -0.2) is 0 Å². The highest BCUT2D eigenvalue weighted by Gasteiger charge is 2.21. The van der Waals surface area contributed by atoms with Crippen molar-refractivity contribution >= 4 is 38.2 Å². The van der Waals surface area contributed by atoms with Gasteiger partial charge in [-0.3, -0.25) is 4.58 Å². The number of nitrogens with zero attached hydrogens (tertiary/aromatic N) is 1. The summed E-state index contributed by atoms with van der Waals surface area (Å²) in [7, 11) is 0. The van der Waals surface area contributed by atoms with Gasteiger partial charge in [0.05, 0.1) is 6.72 Å². The first kappa shape index (κ1) is 20.8. The summed E-state index contributed by atoms with van der Waals surface area (Å²) in [5.74, 6) is 0.490. The van der Waals surface area contributed by atoms with E-state index in [4.69, 9.17) is 0 Å². The fraction of sp³-hybridized carbons (Fsp3) is 0.200. The van der Waals surface area contributed by atoms with E-state index in [1.165, 1.54) is 65.2 Å². The van der Waals surface area contributed by atoms with Gasteiger partial charge in [0.2, 0.25) is 0 Å². The molecule has 1 aliphatic heterocycles. The first-order valence-corrected chi connectivity index (χ1v) is 12.1. The maximum absolute atomic E-state index is 4.25. The maximum atomic E-state index is 4.25. The normalized spacial score (nSPS) is 14.1. The molecule has 0 N–H and O–H groups in total. The third-order valence-corrected chi connectivity index (χ3v) is 7.71. The predicted octanol–water partition coefficient (Wildman–Crippen LogP) is 8.35. The van der Waals surface area contributed by atoms with Crippen molar-refractivity contribution in [2.45, 2.75) is 34.6 Å². The minimum absolute atomic E-state index is 0.490. The number of fused-ring (bicyclic) bond motifs is 3. The smallest absolute Gasteiger partial charge is 0.159 e. The van der Waals surface area contributed by atoms with E-state index in [-0.39, 0.29) is 0 Å². The molecule has 0 atom stereocenters. The van der Waals surface area contributed by atoms with Crippen molar-refractivity contribution in [3.05, 3.63) is 101 Å². The lowest BCUT2D eigenvalue weighted by atomic mass is 9.91. The van der Waals surface area contributed by atoms with Crippen molar-refractivity contribution in [2.24, 2.45) is 5.92 Å². The zero-order valence-corrected chi connectivity index (χ0v) is 20.3. The van der Waals surface area contributed by atoms with Crippen LogP contribution in [0.4, 0.5) is 0 Å². The summed E-state index contributed by atoms with van der Waals surface area (Å²) in [6.45, 7) is 15.3. The zero-order valence-electron chi connectivity index (χ0n) is 19.5. The first-order chi connectivity index (χ1) is 15.3. The maximum Gasteiger partial charge on any atom is 0.159 e. The summed E-state index contributed by atoms with van der Waals surface area (Å²) < 4.78 is 4.68. The van der Waals surface area contributed by atoms with Crippen LogP contribution in [0.5, 0.6) is 0 Å². The highest BCUT2D eigenvalue weighted by atomic mass is 32.1. The molecular formula is C30H29NS. The molecule has 1 aliphatic rings. The van der Waals surface area contributed by atoms with E-state index in [2.05, 4.69) is 108 Å². The largest absolute Gasteiger partial charge is 0.255 e. The van der Waals surface area contributed by atoms with E-state index in [0.717, 1.165) is 0 Å².